The highest BCUT2D eigenvalue weighted by molar-refractivity contribution is 7.91. The molecule has 0 saturated heterocycles. The summed E-state index contributed by atoms with van der Waals surface area (Å²) in [6.07, 6.45) is 1.20. The Morgan fingerprint density at radius 3 is 2.55 bits per heavy atom. The lowest BCUT2D eigenvalue weighted by atomic mass is 10.0. The van der Waals surface area contributed by atoms with Crippen molar-refractivity contribution in [3.63, 3.8) is 0 Å². The molecule has 0 aliphatic carbocycles. The van der Waals surface area contributed by atoms with E-state index in [0.29, 0.717) is 31.5 Å². The van der Waals surface area contributed by atoms with Crippen molar-refractivity contribution >= 4 is 15.8 Å². The van der Waals surface area contributed by atoms with Gasteiger partial charge in [0.05, 0.1) is 11.3 Å². The Kier molecular flexibility index (Phi) is 6.67. The summed E-state index contributed by atoms with van der Waals surface area (Å²) in [5.74, 6) is -0.594. The second kappa shape index (κ2) is 8.01. The topological polar surface area (TPSA) is 83.5 Å². The van der Waals surface area contributed by atoms with Crippen LogP contribution < -0.4 is 5.32 Å². The molecule has 5 nitrogen and oxygen atoms in total. The fourth-order valence-corrected chi connectivity index (χ4v) is 3.22. The molecule has 0 amide bonds. The number of aromatic carboxylic acids is 1. The molecule has 0 unspecified atom stereocenters. The lowest BCUT2D eigenvalue weighted by molar-refractivity contribution is 0.0695. The largest absolute Gasteiger partial charge is 0.478 e. The normalized spacial score (nSPS) is 11.4. The number of benzene rings is 1. The van der Waals surface area contributed by atoms with Crippen molar-refractivity contribution in [2.45, 2.75) is 19.8 Å². The molecule has 0 heterocycles. The quantitative estimate of drug-likeness (QED) is 0.672. The van der Waals surface area contributed by atoms with Gasteiger partial charge in [-0.15, -0.1) is 0 Å². The van der Waals surface area contributed by atoms with Gasteiger partial charge >= 0.3 is 5.97 Å². The molecule has 20 heavy (non-hydrogen) atoms. The van der Waals surface area contributed by atoms with E-state index in [1.165, 1.54) is 0 Å². The fraction of sp³-hybridized carbons (Fsp3) is 0.500. The Bertz CT molecular complexity index is 540. The lowest BCUT2D eigenvalue weighted by Crippen LogP contribution is -2.26. The van der Waals surface area contributed by atoms with Crippen LogP contribution in [-0.4, -0.2) is 44.1 Å². The van der Waals surface area contributed by atoms with E-state index < -0.39 is 15.8 Å². The van der Waals surface area contributed by atoms with E-state index >= 15 is 0 Å². The lowest BCUT2D eigenvalue weighted by Gasteiger charge is -2.07. The van der Waals surface area contributed by atoms with Crippen LogP contribution in [0.1, 0.15) is 29.3 Å². The first kappa shape index (κ1) is 16.7. The molecule has 0 aliphatic rings. The Labute approximate surface area is 119 Å². The minimum absolute atomic E-state index is 0.126. The molecule has 0 spiro atoms. The minimum Gasteiger partial charge on any atom is -0.478 e. The van der Waals surface area contributed by atoms with Gasteiger partial charge in [-0.1, -0.05) is 25.1 Å². The predicted molar refractivity (Wildman–Crippen MR) is 78.9 cm³/mol. The van der Waals surface area contributed by atoms with Crippen LogP contribution in [0.2, 0.25) is 0 Å². The zero-order valence-corrected chi connectivity index (χ0v) is 12.4. The number of carboxylic acid groups (broad SMARTS) is 1. The average Bonchev–Trinajstić information content (AvgIpc) is 2.38. The van der Waals surface area contributed by atoms with E-state index in [0.717, 1.165) is 5.56 Å². The van der Waals surface area contributed by atoms with Crippen LogP contribution in [0, 0.1) is 0 Å². The summed E-state index contributed by atoms with van der Waals surface area (Å²) in [5, 5.41) is 12.1. The molecule has 0 aromatic heterocycles. The number of nitrogens with one attached hydrogen (secondary N) is 1. The van der Waals surface area contributed by atoms with Crippen molar-refractivity contribution in [2.75, 3.05) is 24.6 Å². The summed E-state index contributed by atoms with van der Waals surface area (Å²) < 4.78 is 23.0. The van der Waals surface area contributed by atoms with Gasteiger partial charge in [0.25, 0.3) is 0 Å². The van der Waals surface area contributed by atoms with E-state index in [2.05, 4.69) is 5.32 Å². The third-order valence-corrected chi connectivity index (χ3v) is 4.78. The molecular weight excluding hydrogens is 278 g/mol. The Balaban J connectivity index is 2.37. The molecule has 112 valence electrons. The zero-order valence-electron chi connectivity index (χ0n) is 11.6. The molecule has 6 heteroatoms. The van der Waals surface area contributed by atoms with E-state index in [-0.39, 0.29) is 11.5 Å². The molecule has 2 N–H and O–H groups in total. The fourth-order valence-electron chi connectivity index (χ4n) is 1.94. The first-order valence-electron chi connectivity index (χ1n) is 6.68. The van der Waals surface area contributed by atoms with Crippen LogP contribution in [0.25, 0.3) is 0 Å². The SMILES string of the molecule is CCCS(=O)(=O)CCNCCc1ccccc1C(=O)O. The number of sulfone groups is 1. The van der Waals surface area contributed by atoms with Crippen molar-refractivity contribution in [1.82, 2.24) is 5.32 Å². The molecule has 1 rings (SSSR count). The third-order valence-electron chi connectivity index (χ3n) is 2.92. The second-order valence-electron chi connectivity index (χ2n) is 4.61. The van der Waals surface area contributed by atoms with Crippen molar-refractivity contribution in [1.29, 1.82) is 0 Å². The van der Waals surface area contributed by atoms with E-state index in [4.69, 9.17) is 5.11 Å². The summed E-state index contributed by atoms with van der Waals surface area (Å²) in [6.45, 7) is 2.80. The first-order chi connectivity index (χ1) is 9.46. The molecule has 1 aromatic carbocycles. The van der Waals surface area contributed by atoms with Crippen LogP contribution in [0.15, 0.2) is 24.3 Å². The maximum absolute atomic E-state index is 11.5. The van der Waals surface area contributed by atoms with Crippen molar-refractivity contribution in [3.8, 4) is 0 Å². The standard InChI is InChI=1S/C14H21NO4S/c1-2-10-20(18,19)11-9-15-8-7-12-5-3-4-6-13(12)14(16)17/h3-6,15H,2,7-11H2,1H3,(H,16,17). The molecule has 0 atom stereocenters. The van der Waals surface area contributed by atoms with Gasteiger partial charge in [0.2, 0.25) is 0 Å². The van der Waals surface area contributed by atoms with Gasteiger partial charge in [-0.2, -0.15) is 0 Å². The van der Waals surface area contributed by atoms with Gasteiger partial charge in [-0.05, 0) is 31.0 Å². The molecule has 0 bridgehead atoms. The van der Waals surface area contributed by atoms with Crippen molar-refractivity contribution in [2.24, 2.45) is 0 Å². The third kappa shape index (κ3) is 5.71. The second-order valence-corrected chi connectivity index (χ2v) is 6.92. The van der Waals surface area contributed by atoms with E-state index in [1.54, 1.807) is 24.3 Å². The first-order valence-corrected chi connectivity index (χ1v) is 8.50. The average molecular weight is 299 g/mol. The number of hydrogen-bond acceptors (Lipinski definition) is 4. The molecule has 0 radical (unpaired) electrons. The number of carbonyl (C=O) groups is 1. The number of carboxylic acids is 1. The smallest absolute Gasteiger partial charge is 0.335 e. The predicted octanol–water partition coefficient (Wildman–Crippen LogP) is 1.34. The molecule has 0 aliphatic heterocycles. The minimum atomic E-state index is -2.95. The zero-order chi connectivity index (χ0) is 15.0. The highest BCUT2D eigenvalue weighted by atomic mass is 32.2. The van der Waals surface area contributed by atoms with Gasteiger partial charge in [-0.25, -0.2) is 13.2 Å². The van der Waals surface area contributed by atoms with E-state index in [9.17, 15) is 13.2 Å². The summed E-state index contributed by atoms with van der Waals surface area (Å²) in [7, 11) is -2.95. The van der Waals surface area contributed by atoms with Gasteiger partial charge in [0.1, 0.15) is 0 Å². The van der Waals surface area contributed by atoms with Crippen LogP contribution >= 0.6 is 0 Å². The molecule has 0 saturated carbocycles. The summed E-state index contributed by atoms with van der Waals surface area (Å²) in [4.78, 5) is 11.0. The molecule has 0 fully saturated rings. The van der Waals surface area contributed by atoms with Gasteiger partial charge in [-0.3, -0.25) is 0 Å². The van der Waals surface area contributed by atoms with Crippen molar-refractivity contribution in [3.05, 3.63) is 35.4 Å². The molecule has 1 aromatic rings. The maximum atomic E-state index is 11.5. The number of rotatable bonds is 9. The van der Waals surface area contributed by atoms with Crippen LogP contribution in [0.3, 0.4) is 0 Å². The monoisotopic (exact) mass is 299 g/mol. The van der Waals surface area contributed by atoms with Crippen LogP contribution in [0.5, 0.6) is 0 Å². The Morgan fingerprint density at radius 1 is 1.20 bits per heavy atom. The van der Waals surface area contributed by atoms with Crippen LogP contribution in [-0.2, 0) is 16.3 Å². The van der Waals surface area contributed by atoms with Crippen LogP contribution in [0.4, 0.5) is 0 Å². The number of hydrogen-bond donors (Lipinski definition) is 2. The Hall–Kier alpha value is -1.40. The van der Waals surface area contributed by atoms with E-state index in [1.807, 2.05) is 6.92 Å². The Morgan fingerprint density at radius 2 is 1.90 bits per heavy atom. The van der Waals surface area contributed by atoms with Gasteiger partial charge < -0.3 is 10.4 Å². The summed E-state index contributed by atoms with van der Waals surface area (Å²) >= 11 is 0. The van der Waals surface area contributed by atoms with Gasteiger partial charge in [0, 0.05) is 12.3 Å². The summed E-state index contributed by atoms with van der Waals surface area (Å²) in [6, 6.07) is 6.84. The highest BCUT2D eigenvalue weighted by Crippen LogP contribution is 2.08. The maximum Gasteiger partial charge on any atom is 0.335 e. The highest BCUT2D eigenvalue weighted by Gasteiger charge is 2.10. The van der Waals surface area contributed by atoms with Crippen molar-refractivity contribution < 1.29 is 18.3 Å². The summed E-state index contributed by atoms with van der Waals surface area (Å²) in [5.41, 5.74) is 1.05. The van der Waals surface area contributed by atoms with Gasteiger partial charge in [0.15, 0.2) is 9.84 Å². The molecular formula is C14H21NO4S.